The third-order valence-corrected chi connectivity index (χ3v) is 7.85. The van der Waals surface area contributed by atoms with Crippen molar-refractivity contribution in [3.8, 4) is 0 Å². The summed E-state index contributed by atoms with van der Waals surface area (Å²) in [5.41, 5.74) is 1.68. The fraction of sp³-hybridized carbons (Fsp3) is 0.333. The van der Waals surface area contributed by atoms with Gasteiger partial charge in [-0.1, -0.05) is 36.0 Å². The molecule has 1 saturated heterocycles. The molecule has 1 atom stereocenters. The highest BCUT2D eigenvalue weighted by Crippen LogP contribution is 2.32. The van der Waals surface area contributed by atoms with E-state index < -0.39 is 0 Å². The molecule has 170 valence electrons. The Bertz CT molecular complexity index is 1330. The van der Waals surface area contributed by atoms with E-state index in [4.69, 9.17) is 9.72 Å². The van der Waals surface area contributed by atoms with Crippen molar-refractivity contribution < 1.29 is 9.53 Å². The number of rotatable bonds is 8. The molecule has 1 amide bonds. The number of amides is 1. The number of benzene rings is 1. The van der Waals surface area contributed by atoms with Gasteiger partial charge >= 0.3 is 0 Å². The number of ether oxygens (including phenoxy) is 1. The summed E-state index contributed by atoms with van der Waals surface area (Å²) in [4.78, 5) is 35.0. The maximum absolute atomic E-state index is 13.5. The first-order valence-electron chi connectivity index (χ1n) is 11.0. The van der Waals surface area contributed by atoms with Gasteiger partial charge in [-0.2, -0.15) is 0 Å². The molecule has 1 N–H and O–H groups in total. The number of carbonyl (C=O) groups is 1. The van der Waals surface area contributed by atoms with E-state index in [2.05, 4.69) is 10.3 Å². The lowest BCUT2D eigenvalue weighted by molar-refractivity contribution is -0.121. The van der Waals surface area contributed by atoms with Crippen LogP contribution in [0, 0.1) is 0 Å². The number of fused-ring (bicyclic) bond motifs is 3. The first kappa shape index (κ1) is 22.1. The van der Waals surface area contributed by atoms with Crippen LogP contribution in [-0.4, -0.2) is 39.7 Å². The van der Waals surface area contributed by atoms with E-state index >= 15 is 0 Å². The molecule has 4 heterocycles. The van der Waals surface area contributed by atoms with Crippen molar-refractivity contribution in [3.63, 3.8) is 0 Å². The summed E-state index contributed by atoms with van der Waals surface area (Å²) >= 11 is 2.95. The van der Waals surface area contributed by atoms with Crippen molar-refractivity contribution in [2.24, 2.45) is 0 Å². The summed E-state index contributed by atoms with van der Waals surface area (Å²) in [6.45, 7) is 1.56. The van der Waals surface area contributed by atoms with Crippen LogP contribution in [0.5, 0.6) is 0 Å². The maximum atomic E-state index is 13.5. The van der Waals surface area contributed by atoms with Crippen molar-refractivity contribution >= 4 is 49.3 Å². The molecule has 1 aliphatic heterocycles. The van der Waals surface area contributed by atoms with Gasteiger partial charge in [0.15, 0.2) is 5.16 Å². The molecule has 0 radical (unpaired) electrons. The minimum Gasteiger partial charge on any atom is -0.376 e. The standard InChI is InChI=1S/C24H24N4O3S2/c29-20(26-14-17-6-4-12-31-17)9-11-28-23(30)22-21(18-7-1-2-8-19(18)33-22)27-24(28)32-15-16-5-3-10-25-13-16/h1-3,5,7-8,10,13,17H,4,6,9,11-12,14-15H2,(H,26,29). The number of aromatic nitrogens is 3. The third-order valence-electron chi connectivity index (χ3n) is 5.65. The average Bonchev–Trinajstić information content (AvgIpc) is 3.50. The largest absolute Gasteiger partial charge is 0.376 e. The van der Waals surface area contributed by atoms with Gasteiger partial charge in [-0.3, -0.25) is 19.1 Å². The van der Waals surface area contributed by atoms with Crippen LogP contribution in [0.1, 0.15) is 24.8 Å². The summed E-state index contributed by atoms with van der Waals surface area (Å²) in [5, 5.41) is 4.54. The van der Waals surface area contributed by atoms with E-state index in [-0.39, 0.29) is 30.5 Å². The van der Waals surface area contributed by atoms with Gasteiger partial charge in [0.05, 0.1) is 11.6 Å². The number of carbonyl (C=O) groups excluding carboxylic acids is 1. The Morgan fingerprint density at radius 2 is 2.18 bits per heavy atom. The van der Waals surface area contributed by atoms with Gasteiger partial charge in [-0.15, -0.1) is 11.3 Å². The summed E-state index contributed by atoms with van der Waals surface area (Å²) < 4.78 is 8.87. The van der Waals surface area contributed by atoms with Crippen molar-refractivity contribution in [1.29, 1.82) is 0 Å². The van der Waals surface area contributed by atoms with Gasteiger partial charge in [0.25, 0.3) is 5.56 Å². The third kappa shape index (κ3) is 4.95. The Kier molecular flexibility index (Phi) is 6.70. The average molecular weight is 481 g/mol. The first-order chi connectivity index (χ1) is 16.2. The van der Waals surface area contributed by atoms with Crippen LogP contribution in [-0.2, 0) is 21.8 Å². The SMILES string of the molecule is O=C(CCn1c(SCc2cccnc2)nc2c(sc3ccccc32)c1=O)NCC1CCCO1. The molecule has 1 aromatic carbocycles. The van der Waals surface area contributed by atoms with E-state index in [9.17, 15) is 9.59 Å². The van der Waals surface area contributed by atoms with Crippen LogP contribution < -0.4 is 10.9 Å². The second-order valence-electron chi connectivity index (χ2n) is 7.97. The topological polar surface area (TPSA) is 86.1 Å². The fourth-order valence-electron chi connectivity index (χ4n) is 3.93. The molecular weight excluding hydrogens is 456 g/mol. The highest BCUT2D eigenvalue weighted by Gasteiger charge is 2.19. The monoisotopic (exact) mass is 480 g/mol. The van der Waals surface area contributed by atoms with E-state index in [0.29, 0.717) is 22.2 Å². The first-order valence-corrected chi connectivity index (χ1v) is 12.8. The van der Waals surface area contributed by atoms with Gasteiger partial charge in [0, 0.05) is 54.3 Å². The molecule has 33 heavy (non-hydrogen) atoms. The predicted molar refractivity (Wildman–Crippen MR) is 132 cm³/mol. The molecule has 3 aromatic heterocycles. The summed E-state index contributed by atoms with van der Waals surface area (Å²) in [6.07, 6.45) is 5.87. The van der Waals surface area contributed by atoms with Gasteiger partial charge in [0.1, 0.15) is 4.70 Å². The Morgan fingerprint density at radius 1 is 1.27 bits per heavy atom. The Morgan fingerprint density at radius 3 is 3.00 bits per heavy atom. The Balaban J connectivity index is 1.41. The van der Waals surface area contributed by atoms with Crippen LogP contribution in [0.4, 0.5) is 0 Å². The smallest absolute Gasteiger partial charge is 0.272 e. The Hall–Kier alpha value is -2.75. The molecule has 0 bridgehead atoms. The number of nitrogens with zero attached hydrogens (tertiary/aromatic N) is 3. The summed E-state index contributed by atoms with van der Waals surface area (Å²) in [6, 6.07) is 11.8. The molecule has 1 aliphatic rings. The molecular formula is C24H24N4O3S2. The van der Waals surface area contributed by atoms with E-state index in [1.165, 1.54) is 23.1 Å². The number of thioether (sulfide) groups is 1. The highest BCUT2D eigenvalue weighted by atomic mass is 32.2. The van der Waals surface area contributed by atoms with Crippen LogP contribution in [0.25, 0.3) is 20.3 Å². The number of pyridine rings is 1. The second kappa shape index (κ2) is 10.0. The molecule has 5 rings (SSSR count). The lowest BCUT2D eigenvalue weighted by Crippen LogP contribution is -2.33. The zero-order valence-corrected chi connectivity index (χ0v) is 19.7. The number of nitrogens with one attached hydrogen (secondary N) is 1. The molecule has 0 aliphatic carbocycles. The molecule has 0 saturated carbocycles. The molecule has 9 heteroatoms. The number of hydrogen-bond donors (Lipinski definition) is 1. The van der Waals surface area contributed by atoms with E-state index in [1.807, 2.05) is 42.6 Å². The second-order valence-corrected chi connectivity index (χ2v) is 9.96. The van der Waals surface area contributed by atoms with Crippen molar-refractivity contribution in [2.75, 3.05) is 13.2 Å². The maximum Gasteiger partial charge on any atom is 0.272 e. The molecule has 1 unspecified atom stereocenters. The molecule has 0 spiro atoms. The zero-order valence-electron chi connectivity index (χ0n) is 18.0. The molecule has 4 aromatic rings. The van der Waals surface area contributed by atoms with Crippen LogP contribution in [0.2, 0.25) is 0 Å². The summed E-state index contributed by atoms with van der Waals surface area (Å²) in [5.74, 6) is 0.552. The lowest BCUT2D eigenvalue weighted by atomic mass is 10.2. The fourth-order valence-corrected chi connectivity index (χ4v) is 5.97. The Labute approximate surface area is 199 Å². The minimum atomic E-state index is -0.0955. The molecule has 7 nitrogen and oxygen atoms in total. The zero-order chi connectivity index (χ0) is 22.6. The van der Waals surface area contributed by atoms with Crippen LogP contribution in [0.15, 0.2) is 58.7 Å². The summed E-state index contributed by atoms with van der Waals surface area (Å²) in [7, 11) is 0. The van der Waals surface area contributed by atoms with Crippen molar-refractivity contribution in [3.05, 3.63) is 64.7 Å². The normalized spacial score (nSPS) is 15.9. The van der Waals surface area contributed by atoms with Gasteiger partial charge < -0.3 is 10.1 Å². The number of hydrogen-bond acceptors (Lipinski definition) is 7. The van der Waals surface area contributed by atoms with E-state index in [0.717, 1.165) is 40.6 Å². The van der Waals surface area contributed by atoms with Crippen molar-refractivity contribution in [1.82, 2.24) is 19.9 Å². The van der Waals surface area contributed by atoms with Gasteiger partial charge in [0.2, 0.25) is 5.91 Å². The highest BCUT2D eigenvalue weighted by molar-refractivity contribution is 7.98. The number of thiophene rings is 1. The molecule has 1 fully saturated rings. The minimum absolute atomic E-state index is 0.0861. The van der Waals surface area contributed by atoms with E-state index in [1.54, 1.807) is 10.8 Å². The quantitative estimate of drug-likeness (QED) is 0.303. The van der Waals surface area contributed by atoms with Gasteiger partial charge in [-0.25, -0.2) is 4.98 Å². The van der Waals surface area contributed by atoms with Crippen molar-refractivity contribution in [2.45, 2.75) is 42.8 Å². The predicted octanol–water partition coefficient (Wildman–Crippen LogP) is 3.98. The van der Waals surface area contributed by atoms with Crippen LogP contribution >= 0.6 is 23.1 Å². The van der Waals surface area contributed by atoms with Crippen LogP contribution in [0.3, 0.4) is 0 Å². The lowest BCUT2D eigenvalue weighted by Gasteiger charge is -2.13. The van der Waals surface area contributed by atoms with Gasteiger partial charge in [-0.05, 0) is 30.5 Å².